The molecule has 0 unspecified atom stereocenters. The molecular formula is C60H76F3N11O7S. The van der Waals surface area contributed by atoms with Crippen LogP contribution in [0.15, 0.2) is 89.3 Å². The summed E-state index contributed by atoms with van der Waals surface area (Å²) in [4.78, 5) is 97.0. The van der Waals surface area contributed by atoms with E-state index < -0.39 is 58.3 Å². The highest BCUT2D eigenvalue weighted by Crippen LogP contribution is 2.36. The number of amides is 5. The summed E-state index contributed by atoms with van der Waals surface area (Å²) in [5.41, 5.74) is 4.84. The van der Waals surface area contributed by atoms with E-state index in [4.69, 9.17) is 0 Å². The highest BCUT2D eigenvalue weighted by Gasteiger charge is 2.44. The van der Waals surface area contributed by atoms with Crippen molar-refractivity contribution in [2.75, 3.05) is 89.3 Å². The number of aromatic amines is 1. The van der Waals surface area contributed by atoms with Crippen LogP contribution in [0.1, 0.15) is 92.0 Å². The van der Waals surface area contributed by atoms with Gasteiger partial charge in [-0.25, -0.2) is 4.98 Å². The number of thiazole rings is 1. The number of aliphatic hydroxyl groups is 1. The van der Waals surface area contributed by atoms with Gasteiger partial charge in [-0.15, -0.1) is 11.3 Å². The molecule has 2 aromatic heterocycles. The van der Waals surface area contributed by atoms with Gasteiger partial charge in [0.25, 0.3) is 5.91 Å². The number of nitrogens with zero attached hydrogens (tertiary/aromatic N) is 6. The van der Waals surface area contributed by atoms with Crippen LogP contribution >= 0.6 is 11.3 Å². The number of alkyl halides is 3. The van der Waals surface area contributed by atoms with Crippen molar-refractivity contribution in [1.29, 1.82) is 0 Å². The number of unbranched alkanes of at least 4 members (excludes halogenated alkanes) is 2. The third-order valence-corrected chi connectivity index (χ3v) is 16.4. The van der Waals surface area contributed by atoms with Crippen LogP contribution in [0.5, 0.6) is 0 Å². The van der Waals surface area contributed by atoms with E-state index in [1.807, 2.05) is 83.3 Å². The molecule has 440 valence electrons. The van der Waals surface area contributed by atoms with Crippen molar-refractivity contribution in [1.82, 2.24) is 45.5 Å². The number of nitrogens with one attached hydrogen (secondary N) is 5. The van der Waals surface area contributed by atoms with Gasteiger partial charge in [-0.05, 0) is 78.2 Å². The number of hydrogen-bond acceptors (Lipinski definition) is 13. The molecular weight excluding hydrogens is 1080 g/mol. The lowest BCUT2D eigenvalue weighted by Crippen LogP contribution is -2.57. The Morgan fingerprint density at radius 2 is 1.49 bits per heavy atom. The van der Waals surface area contributed by atoms with Crippen LogP contribution in [0.4, 0.5) is 24.5 Å². The summed E-state index contributed by atoms with van der Waals surface area (Å²) in [6, 6.07) is 20.1. The average molecular weight is 1150 g/mol. The summed E-state index contributed by atoms with van der Waals surface area (Å²) in [7, 11) is 2.02. The first-order valence-corrected chi connectivity index (χ1v) is 29.0. The standard InChI is InChI=1S/C60H76F3N11O7S/c1-39-54(82-38-67-39)42-16-14-40(15-17-42)34-66-57(80)50-32-45(75)37-74(50)58(81)55(59(2,3)4)69-52(77)13-8-6-7-12-51(76)64-20-21-71-24-26-72(27-25-71)36-41-10-9-11-43(30-41)44-18-19-49(73-28-22-70(5)23-29-73)48(31-44)68-56(79)46-35-65-53(78)33-47(46)60(61,62)63/h9-11,14-19,30-31,33,35,38,45,50,55,75H,6-8,12-13,20-29,32,34,36-37H2,1-5H3,(H,64,76)(H,65,78)(H,66,80)(H,68,79)(H,69,77)/t45-,50+,55-/m1/s1. The monoisotopic (exact) mass is 1150 g/mol. The SMILES string of the molecule is Cc1ncsc1-c1ccc(CNC(=O)[C@@H]2C[C@@H](O)CN2C(=O)[C@@H](NC(=O)CCCCCC(=O)NCCN2CCN(Cc3cccc(-c4ccc(N5CCN(C)CC5)c(NC(=O)c5c[nH]c(=O)cc5C(F)(F)F)c4)c3)CC2)C(C)(C)C)cc1. The van der Waals surface area contributed by atoms with Gasteiger partial charge >= 0.3 is 6.18 Å². The predicted octanol–water partition coefficient (Wildman–Crippen LogP) is 6.49. The summed E-state index contributed by atoms with van der Waals surface area (Å²) in [5.74, 6) is -2.13. The molecule has 6 N–H and O–H groups in total. The van der Waals surface area contributed by atoms with Crippen LogP contribution < -0.4 is 31.7 Å². The minimum atomic E-state index is -4.91. The number of anilines is 2. The van der Waals surface area contributed by atoms with Crippen molar-refractivity contribution in [3.63, 3.8) is 0 Å². The topological polar surface area (TPSA) is 216 Å². The number of piperazine rings is 2. The summed E-state index contributed by atoms with van der Waals surface area (Å²) in [6.07, 6.45) is -2.63. The van der Waals surface area contributed by atoms with Crippen molar-refractivity contribution in [3.05, 3.63) is 123 Å². The van der Waals surface area contributed by atoms with E-state index in [9.17, 15) is 47.0 Å². The zero-order valence-electron chi connectivity index (χ0n) is 47.4. The predicted molar refractivity (Wildman–Crippen MR) is 311 cm³/mol. The number of aliphatic hydroxyl groups excluding tert-OH is 1. The summed E-state index contributed by atoms with van der Waals surface area (Å²) in [5, 5.41) is 22.2. The quantitative estimate of drug-likeness (QED) is 0.0435. The van der Waals surface area contributed by atoms with Gasteiger partial charge in [0, 0.05) is 117 Å². The van der Waals surface area contributed by atoms with Gasteiger partial charge in [-0.1, -0.05) is 75.7 Å². The Bertz CT molecular complexity index is 3090. The largest absolute Gasteiger partial charge is 0.417 e. The van der Waals surface area contributed by atoms with Crippen LogP contribution in [0.3, 0.4) is 0 Å². The van der Waals surface area contributed by atoms with E-state index in [2.05, 4.69) is 63.0 Å². The normalized spacial score (nSPS) is 17.8. The van der Waals surface area contributed by atoms with Crippen molar-refractivity contribution in [3.8, 4) is 21.6 Å². The number of rotatable bonds is 21. The van der Waals surface area contributed by atoms with Crippen LogP contribution in [0.2, 0.25) is 0 Å². The molecule has 22 heteroatoms. The number of aromatic nitrogens is 2. The second-order valence-electron chi connectivity index (χ2n) is 22.8. The number of benzene rings is 3. The Morgan fingerprint density at radius 1 is 0.805 bits per heavy atom. The smallest absolute Gasteiger partial charge is 0.391 e. The van der Waals surface area contributed by atoms with Gasteiger partial charge in [0.1, 0.15) is 12.1 Å². The highest BCUT2D eigenvalue weighted by molar-refractivity contribution is 7.13. The van der Waals surface area contributed by atoms with E-state index in [1.54, 1.807) is 22.9 Å². The second-order valence-corrected chi connectivity index (χ2v) is 23.6. The van der Waals surface area contributed by atoms with Gasteiger partial charge in [-0.3, -0.25) is 38.6 Å². The Kier molecular flexibility index (Phi) is 20.4. The third-order valence-electron chi connectivity index (χ3n) is 15.5. The molecule has 82 heavy (non-hydrogen) atoms. The maximum absolute atomic E-state index is 14.1. The fraction of sp³-hybridized carbons (Fsp3) is 0.483. The molecule has 5 heterocycles. The number of pyridine rings is 1. The molecule has 3 fully saturated rings. The fourth-order valence-electron chi connectivity index (χ4n) is 10.7. The molecule has 3 atom stereocenters. The molecule has 0 radical (unpaired) electrons. The summed E-state index contributed by atoms with van der Waals surface area (Å²) < 4.78 is 41.9. The molecule has 0 aliphatic carbocycles. The Labute approximate surface area is 480 Å². The van der Waals surface area contributed by atoms with Crippen LogP contribution in [0, 0.1) is 12.3 Å². The molecule has 8 rings (SSSR count). The number of hydrogen-bond donors (Lipinski definition) is 6. The van der Waals surface area contributed by atoms with Crippen molar-refractivity contribution >= 4 is 52.2 Å². The van der Waals surface area contributed by atoms with Gasteiger partial charge in [0.2, 0.25) is 29.2 Å². The molecule has 3 aromatic carbocycles. The van der Waals surface area contributed by atoms with Crippen molar-refractivity contribution in [2.45, 2.75) is 104 Å². The molecule has 5 aromatic rings. The summed E-state index contributed by atoms with van der Waals surface area (Å²) in [6.45, 7) is 15.8. The van der Waals surface area contributed by atoms with Gasteiger partial charge < -0.3 is 46.1 Å². The van der Waals surface area contributed by atoms with E-state index >= 15 is 0 Å². The van der Waals surface area contributed by atoms with Gasteiger partial charge in [0.05, 0.1) is 44.7 Å². The highest BCUT2D eigenvalue weighted by atomic mass is 32.1. The van der Waals surface area contributed by atoms with Crippen LogP contribution in [-0.2, 0) is 38.4 Å². The molecule has 18 nitrogen and oxygen atoms in total. The second kappa shape index (κ2) is 27.4. The number of halogens is 3. The Balaban J connectivity index is 0.739. The number of carbonyl (C=O) groups is 5. The maximum Gasteiger partial charge on any atom is 0.417 e. The number of carbonyl (C=O) groups excluding carboxylic acids is 5. The number of β-amino-alcohol motifs (C(OH)–C–C–N with tert-alkyl or cyclic N) is 1. The van der Waals surface area contributed by atoms with Crippen LogP contribution in [0.25, 0.3) is 21.6 Å². The van der Waals surface area contributed by atoms with E-state index in [1.165, 1.54) is 4.90 Å². The molecule has 3 aliphatic rings. The van der Waals surface area contributed by atoms with E-state index in [0.717, 1.165) is 83.9 Å². The zero-order chi connectivity index (χ0) is 58.7. The minimum Gasteiger partial charge on any atom is -0.391 e. The molecule has 5 amide bonds. The minimum absolute atomic E-state index is 0.0152. The number of aryl methyl sites for hydroxylation is 1. The van der Waals surface area contributed by atoms with Gasteiger partial charge in [-0.2, -0.15) is 13.2 Å². The molecule has 0 bridgehead atoms. The first kappa shape index (κ1) is 61.1. The first-order valence-electron chi connectivity index (χ1n) is 28.1. The maximum atomic E-state index is 14.1. The number of likely N-dealkylation sites (tertiary alicyclic amines) is 1. The van der Waals surface area contributed by atoms with E-state index in [0.29, 0.717) is 75.8 Å². The Morgan fingerprint density at radius 3 is 2.17 bits per heavy atom. The lowest BCUT2D eigenvalue weighted by Gasteiger charge is -2.35. The molecule has 3 saturated heterocycles. The molecule has 0 saturated carbocycles. The summed E-state index contributed by atoms with van der Waals surface area (Å²) >= 11 is 1.57. The number of likely N-dealkylation sites (N-methyl/N-ethyl adjacent to an activating group) is 1. The van der Waals surface area contributed by atoms with Crippen molar-refractivity contribution < 1.29 is 42.3 Å². The van der Waals surface area contributed by atoms with E-state index in [-0.39, 0.29) is 43.7 Å². The number of H-pyrrole nitrogens is 1. The molecule has 0 spiro atoms. The Hall–Kier alpha value is -6.98. The van der Waals surface area contributed by atoms with Crippen LogP contribution in [-0.4, -0.2) is 161 Å². The van der Waals surface area contributed by atoms with Crippen molar-refractivity contribution in [2.24, 2.45) is 5.41 Å². The first-order chi connectivity index (χ1) is 39.1. The lowest BCUT2D eigenvalue weighted by atomic mass is 9.85. The molecule has 3 aliphatic heterocycles. The lowest BCUT2D eigenvalue weighted by molar-refractivity contribution is -0.144. The van der Waals surface area contributed by atoms with Gasteiger partial charge in [0.15, 0.2) is 0 Å². The fourth-order valence-corrected chi connectivity index (χ4v) is 11.5. The zero-order valence-corrected chi connectivity index (χ0v) is 48.2. The third kappa shape index (κ3) is 16.4. The average Bonchev–Trinajstić information content (AvgIpc) is 3.91.